The number of carbonyl (C=O) groups excluding carboxylic acids is 1. The zero-order chi connectivity index (χ0) is 28.4. The van der Waals surface area contributed by atoms with Gasteiger partial charge in [0.1, 0.15) is 24.5 Å². The SMILES string of the molecule is COc1ccc2c(c1)C(C)(C)C(=CC=CC1=[N+](CCC(=O)O)c3ccc(OC)cc3C1(C)C)N2CCOC=O. The number of carboxylic acids is 1. The fourth-order valence-electron chi connectivity index (χ4n) is 5.67. The number of ether oxygens (including phenoxy) is 3. The maximum absolute atomic E-state index is 11.5. The first kappa shape index (κ1) is 28.0. The lowest BCUT2D eigenvalue weighted by atomic mass is 9.81. The maximum Gasteiger partial charge on any atom is 0.309 e. The lowest BCUT2D eigenvalue weighted by Gasteiger charge is -2.26. The number of rotatable bonds is 11. The average Bonchev–Trinajstić information content (AvgIpc) is 3.25. The van der Waals surface area contributed by atoms with Crippen LogP contribution in [0.4, 0.5) is 11.4 Å². The van der Waals surface area contributed by atoms with Crippen molar-refractivity contribution in [1.82, 2.24) is 0 Å². The van der Waals surface area contributed by atoms with Gasteiger partial charge < -0.3 is 24.2 Å². The van der Waals surface area contributed by atoms with E-state index in [1.807, 2.05) is 36.4 Å². The van der Waals surface area contributed by atoms with E-state index in [0.29, 0.717) is 19.6 Å². The van der Waals surface area contributed by atoms with Crippen molar-refractivity contribution >= 4 is 29.5 Å². The van der Waals surface area contributed by atoms with Crippen LogP contribution in [0.1, 0.15) is 45.2 Å². The molecule has 2 aliphatic rings. The predicted octanol–water partition coefficient (Wildman–Crippen LogP) is 4.97. The zero-order valence-electron chi connectivity index (χ0n) is 23.5. The Morgan fingerprint density at radius 2 is 1.67 bits per heavy atom. The summed E-state index contributed by atoms with van der Waals surface area (Å²) >= 11 is 0. The Balaban J connectivity index is 1.77. The first-order chi connectivity index (χ1) is 18.6. The molecule has 0 saturated heterocycles. The minimum Gasteiger partial charge on any atom is -0.497 e. The van der Waals surface area contributed by atoms with E-state index in [1.54, 1.807) is 14.2 Å². The number of anilines is 1. The van der Waals surface area contributed by atoms with Crippen molar-refractivity contribution in [2.24, 2.45) is 0 Å². The molecule has 8 nitrogen and oxygen atoms in total. The molecule has 0 radical (unpaired) electrons. The van der Waals surface area contributed by atoms with Crippen LogP contribution in [0.25, 0.3) is 0 Å². The monoisotopic (exact) mass is 533 g/mol. The molecule has 39 heavy (non-hydrogen) atoms. The van der Waals surface area contributed by atoms with Gasteiger partial charge in [-0.15, -0.1) is 0 Å². The highest BCUT2D eigenvalue weighted by Gasteiger charge is 2.45. The molecule has 0 spiro atoms. The van der Waals surface area contributed by atoms with Gasteiger partial charge in [0.15, 0.2) is 12.3 Å². The van der Waals surface area contributed by atoms with Crippen LogP contribution in [0.15, 0.2) is 60.3 Å². The molecular formula is C31H37N2O6+. The van der Waals surface area contributed by atoms with Gasteiger partial charge in [-0.25, -0.2) is 0 Å². The molecule has 0 fully saturated rings. The van der Waals surface area contributed by atoms with Gasteiger partial charge in [0.2, 0.25) is 5.69 Å². The molecule has 0 amide bonds. The maximum atomic E-state index is 11.5. The molecule has 0 aromatic heterocycles. The standard InChI is InChI=1S/C31H36N2O6/c1-30(2)23-18-21(37-5)10-12-25(23)32(15-14-29(35)36)27(30)8-7-9-28-31(3,4)24-19-22(38-6)11-13-26(24)33(28)16-17-39-20-34/h7-13,18-20H,14-17H2,1-6H3/p+1. The quantitative estimate of drug-likeness (QED) is 0.248. The summed E-state index contributed by atoms with van der Waals surface area (Å²) in [6.45, 7) is 10.2. The Hall–Kier alpha value is -4.07. The van der Waals surface area contributed by atoms with E-state index in [0.717, 1.165) is 45.4 Å². The van der Waals surface area contributed by atoms with E-state index in [1.165, 1.54) is 0 Å². The summed E-state index contributed by atoms with van der Waals surface area (Å²) in [6.07, 6.45) is 6.22. The third-order valence-electron chi connectivity index (χ3n) is 7.76. The van der Waals surface area contributed by atoms with Crippen LogP contribution in [0.5, 0.6) is 11.5 Å². The number of carbonyl (C=O) groups is 2. The molecule has 0 unspecified atom stereocenters. The summed E-state index contributed by atoms with van der Waals surface area (Å²) in [5, 5.41) is 9.41. The molecule has 2 aliphatic heterocycles. The van der Waals surface area contributed by atoms with Crippen molar-refractivity contribution in [2.45, 2.75) is 44.9 Å². The van der Waals surface area contributed by atoms with Crippen molar-refractivity contribution in [1.29, 1.82) is 0 Å². The van der Waals surface area contributed by atoms with Gasteiger partial charge in [-0.05, 0) is 55.8 Å². The minimum absolute atomic E-state index is 0.0225. The third-order valence-corrected chi connectivity index (χ3v) is 7.76. The third kappa shape index (κ3) is 5.15. The Morgan fingerprint density at radius 1 is 1.00 bits per heavy atom. The van der Waals surface area contributed by atoms with Gasteiger partial charge in [0, 0.05) is 34.5 Å². The topological polar surface area (TPSA) is 88.3 Å². The Labute approximate surface area is 229 Å². The molecule has 2 aromatic carbocycles. The number of fused-ring (bicyclic) bond motifs is 2. The van der Waals surface area contributed by atoms with Gasteiger partial charge in [-0.3, -0.25) is 9.59 Å². The number of hydrogen-bond donors (Lipinski definition) is 1. The summed E-state index contributed by atoms with van der Waals surface area (Å²) < 4.78 is 18.1. The Bertz CT molecular complexity index is 1370. The summed E-state index contributed by atoms with van der Waals surface area (Å²) in [6, 6.07) is 12.0. The van der Waals surface area contributed by atoms with Crippen LogP contribution >= 0.6 is 0 Å². The van der Waals surface area contributed by atoms with E-state index >= 15 is 0 Å². The highest BCUT2D eigenvalue weighted by molar-refractivity contribution is 6.03. The number of methoxy groups -OCH3 is 2. The van der Waals surface area contributed by atoms with Crippen molar-refractivity contribution in [2.75, 3.05) is 38.8 Å². The van der Waals surface area contributed by atoms with Gasteiger partial charge in [0.05, 0.1) is 26.2 Å². The molecule has 1 N–H and O–H groups in total. The number of carboxylic acid groups (broad SMARTS) is 1. The van der Waals surface area contributed by atoms with E-state index in [9.17, 15) is 14.7 Å². The number of nitrogens with zero attached hydrogens (tertiary/aromatic N) is 2. The van der Waals surface area contributed by atoms with E-state index in [4.69, 9.17) is 14.2 Å². The molecule has 0 bridgehead atoms. The molecule has 8 heteroatoms. The van der Waals surface area contributed by atoms with Crippen LogP contribution in [-0.4, -0.2) is 61.8 Å². The summed E-state index contributed by atoms with van der Waals surface area (Å²) in [4.78, 5) is 24.5. The highest BCUT2D eigenvalue weighted by atomic mass is 16.5. The second kappa shape index (κ2) is 11.0. The van der Waals surface area contributed by atoms with Gasteiger partial charge >= 0.3 is 5.97 Å². The Morgan fingerprint density at radius 3 is 2.31 bits per heavy atom. The van der Waals surface area contributed by atoms with Crippen LogP contribution in [0.2, 0.25) is 0 Å². The lowest BCUT2D eigenvalue weighted by molar-refractivity contribution is -0.436. The van der Waals surface area contributed by atoms with Gasteiger partial charge in [-0.2, -0.15) is 4.58 Å². The van der Waals surface area contributed by atoms with E-state index < -0.39 is 5.97 Å². The fourth-order valence-corrected chi connectivity index (χ4v) is 5.67. The first-order valence-electron chi connectivity index (χ1n) is 13.0. The minimum atomic E-state index is -0.839. The van der Waals surface area contributed by atoms with E-state index in [2.05, 4.69) is 55.4 Å². The summed E-state index contributed by atoms with van der Waals surface area (Å²) in [7, 11) is 3.30. The lowest BCUT2D eigenvalue weighted by Crippen LogP contribution is -2.29. The summed E-state index contributed by atoms with van der Waals surface area (Å²) in [5.41, 5.74) is 5.63. The number of aliphatic carboxylic acids is 1. The van der Waals surface area contributed by atoms with Crippen LogP contribution in [0, 0.1) is 0 Å². The normalized spacial score (nSPS) is 17.9. The van der Waals surface area contributed by atoms with Crippen molar-refractivity contribution in [3.63, 3.8) is 0 Å². The van der Waals surface area contributed by atoms with Gasteiger partial charge in [0.25, 0.3) is 6.47 Å². The molecule has 206 valence electrons. The fraction of sp³-hybridized carbons (Fsp3) is 0.387. The Kier molecular flexibility index (Phi) is 7.86. The van der Waals surface area contributed by atoms with Crippen molar-refractivity contribution in [3.8, 4) is 11.5 Å². The molecule has 0 aliphatic carbocycles. The molecule has 4 rings (SSSR count). The smallest absolute Gasteiger partial charge is 0.309 e. The molecule has 0 saturated carbocycles. The average molecular weight is 534 g/mol. The first-order valence-corrected chi connectivity index (χ1v) is 13.0. The predicted molar refractivity (Wildman–Crippen MR) is 151 cm³/mol. The molecule has 2 heterocycles. The van der Waals surface area contributed by atoms with Crippen LogP contribution in [0.3, 0.4) is 0 Å². The number of allylic oxidation sites excluding steroid dienone is 4. The zero-order valence-corrected chi connectivity index (χ0v) is 23.5. The summed E-state index contributed by atoms with van der Waals surface area (Å²) in [5.74, 6) is 0.712. The molecule has 2 aromatic rings. The van der Waals surface area contributed by atoms with Crippen molar-refractivity contribution < 1.29 is 33.5 Å². The number of hydrogen-bond acceptors (Lipinski definition) is 6. The molecule has 0 atom stereocenters. The van der Waals surface area contributed by atoms with Crippen LogP contribution < -0.4 is 14.4 Å². The van der Waals surface area contributed by atoms with E-state index in [-0.39, 0.29) is 23.9 Å². The molecular weight excluding hydrogens is 496 g/mol. The largest absolute Gasteiger partial charge is 0.497 e. The van der Waals surface area contributed by atoms with Crippen molar-refractivity contribution in [3.05, 3.63) is 71.5 Å². The second-order valence-corrected chi connectivity index (χ2v) is 10.7. The van der Waals surface area contributed by atoms with Crippen LogP contribution in [-0.2, 0) is 25.2 Å². The number of benzene rings is 2. The highest BCUT2D eigenvalue weighted by Crippen LogP contribution is 2.49. The van der Waals surface area contributed by atoms with Gasteiger partial charge in [-0.1, -0.05) is 19.9 Å². The second-order valence-electron chi connectivity index (χ2n) is 10.7.